The lowest BCUT2D eigenvalue weighted by molar-refractivity contribution is 0.391. The van der Waals surface area contributed by atoms with Gasteiger partial charge in [-0.2, -0.15) is 0 Å². The summed E-state index contributed by atoms with van der Waals surface area (Å²) in [7, 11) is 3.27. The van der Waals surface area contributed by atoms with Crippen molar-refractivity contribution in [2.45, 2.75) is 13.5 Å². The molecule has 0 fully saturated rings. The Morgan fingerprint density at radius 2 is 1.85 bits per heavy atom. The smallest absolute Gasteiger partial charge is 0.127 e. The van der Waals surface area contributed by atoms with E-state index in [-0.39, 0.29) is 0 Å². The van der Waals surface area contributed by atoms with Crippen LogP contribution < -0.4 is 14.8 Å². The van der Waals surface area contributed by atoms with Crippen molar-refractivity contribution in [2.75, 3.05) is 19.5 Å². The molecule has 0 bridgehead atoms. The van der Waals surface area contributed by atoms with Gasteiger partial charge in [-0.15, -0.1) is 0 Å². The number of phenolic OH excluding ortho intramolecular Hbond substituents is 1. The summed E-state index contributed by atoms with van der Waals surface area (Å²) in [6.07, 6.45) is 0. The van der Waals surface area contributed by atoms with Gasteiger partial charge in [-0.25, -0.2) is 0 Å². The minimum Gasteiger partial charge on any atom is -0.508 e. The van der Waals surface area contributed by atoms with Gasteiger partial charge in [-0.1, -0.05) is 0 Å². The Hall–Kier alpha value is -2.36. The quantitative estimate of drug-likeness (QED) is 0.820. The van der Waals surface area contributed by atoms with Crippen molar-refractivity contribution in [3.05, 3.63) is 47.5 Å². The Morgan fingerprint density at radius 1 is 1.05 bits per heavy atom. The van der Waals surface area contributed by atoms with Gasteiger partial charge in [0.2, 0.25) is 0 Å². The maximum atomic E-state index is 9.51. The molecule has 0 amide bonds. The van der Waals surface area contributed by atoms with E-state index in [4.69, 9.17) is 9.47 Å². The van der Waals surface area contributed by atoms with E-state index in [1.54, 1.807) is 20.3 Å². The van der Waals surface area contributed by atoms with Crippen LogP contribution in [0.4, 0.5) is 5.69 Å². The van der Waals surface area contributed by atoms with Crippen LogP contribution >= 0.6 is 0 Å². The van der Waals surface area contributed by atoms with Crippen LogP contribution in [-0.4, -0.2) is 19.3 Å². The molecule has 2 aromatic carbocycles. The first-order valence-corrected chi connectivity index (χ1v) is 6.38. The summed E-state index contributed by atoms with van der Waals surface area (Å²) in [6.45, 7) is 2.51. The predicted octanol–water partition coefficient (Wildman–Crippen LogP) is 3.33. The molecule has 0 saturated carbocycles. The third-order valence-corrected chi connectivity index (χ3v) is 3.17. The topological polar surface area (TPSA) is 50.7 Å². The zero-order valence-electron chi connectivity index (χ0n) is 11.9. The molecule has 0 radical (unpaired) electrons. The lowest BCUT2D eigenvalue weighted by Crippen LogP contribution is -2.02. The number of benzene rings is 2. The number of rotatable bonds is 5. The van der Waals surface area contributed by atoms with Crippen molar-refractivity contribution in [3.8, 4) is 17.2 Å². The van der Waals surface area contributed by atoms with Gasteiger partial charge in [-0.05, 0) is 42.8 Å². The second-order valence-electron chi connectivity index (χ2n) is 4.53. The van der Waals surface area contributed by atoms with E-state index in [0.29, 0.717) is 12.3 Å². The van der Waals surface area contributed by atoms with E-state index in [2.05, 4.69) is 5.32 Å². The van der Waals surface area contributed by atoms with Crippen molar-refractivity contribution in [1.82, 2.24) is 0 Å². The van der Waals surface area contributed by atoms with Crippen LogP contribution in [0.1, 0.15) is 11.1 Å². The van der Waals surface area contributed by atoms with E-state index in [9.17, 15) is 5.11 Å². The van der Waals surface area contributed by atoms with Crippen LogP contribution in [0.3, 0.4) is 0 Å². The van der Waals surface area contributed by atoms with Crippen molar-refractivity contribution in [1.29, 1.82) is 0 Å². The zero-order valence-corrected chi connectivity index (χ0v) is 11.9. The molecule has 2 aromatic rings. The van der Waals surface area contributed by atoms with E-state index in [1.807, 2.05) is 37.3 Å². The first-order valence-electron chi connectivity index (χ1n) is 6.38. The molecule has 0 unspecified atom stereocenters. The Balaban J connectivity index is 2.12. The molecule has 0 saturated heterocycles. The van der Waals surface area contributed by atoms with E-state index < -0.39 is 0 Å². The van der Waals surface area contributed by atoms with Gasteiger partial charge in [0.1, 0.15) is 17.2 Å². The number of methoxy groups -OCH3 is 2. The Morgan fingerprint density at radius 3 is 2.50 bits per heavy atom. The third-order valence-electron chi connectivity index (χ3n) is 3.17. The lowest BCUT2D eigenvalue weighted by atomic mass is 10.1. The first kappa shape index (κ1) is 14.1. The Bertz CT molecular complexity index is 596. The number of anilines is 1. The molecule has 4 heteroatoms. The Kier molecular flexibility index (Phi) is 4.35. The normalized spacial score (nSPS) is 10.2. The fourth-order valence-electron chi connectivity index (χ4n) is 1.96. The van der Waals surface area contributed by atoms with Crippen molar-refractivity contribution >= 4 is 5.69 Å². The van der Waals surface area contributed by atoms with Crippen LogP contribution in [0.25, 0.3) is 0 Å². The number of aromatic hydroxyl groups is 1. The molecule has 0 heterocycles. The molecule has 0 aliphatic rings. The number of hydrogen-bond donors (Lipinski definition) is 2. The Labute approximate surface area is 119 Å². The minimum absolute atomic E-state index is 0.303. The van der Waals surface area contributed by atoms with E-state index in [0.717, 1.165) is 28.3 Å². The number of phenols is 1. The average Bonchev–Trinajstić information content (AvgIpc) is 2.48. The maximum Gasteiger partial charge on any atom is 0.127 e. The molecular weight excluding hydrogens is 254 g/mol. The lowest BCUT2D eigenvalue weighted by Gasteiger charge is -2.12. The molecule has 2 rings (SSSR count). The molecule has 4 nitrogen and oxygen atoms in total. The van der Waals surface area contributed by atoms with Crippen LogP contribution in [0.2, 0.25) is 0 Å². The van der Waals surface area contributed by atoms with Gasteiger partial charge in [0.05, 0.1) is 14.2 Å². The van der Waals surface area contributed by atoms with Gasteiger partial charge in [0.25, 0.3) is 0 Å². The molecule has 20 heavy (non-hydrogen) atoms. The molecule has 0 atom stereocenters. The molecule has 0 aliphatic heterocycles. The van der Waals surface area contributed by atoms with Crippen molar-refractivity contribution in [3.63, 3.8) is 0 Å². The number of hydrogen-bond acceptors (Lipinski definition) is 4. The average molecular weight is 273 g/mol. The van der Waals surface area contributed by atoms with Crippen LogP contribution in [-0.2, 0) is 6.54 Å². The van der Waals surface area contributed by atoms with Crippen LogP contribution in [0.5, 0.6) is 17.2 Å². The second-order valence-corrected chi connectivity index (χ2v) is 4.53. The van der Waals surface area contributed by atoms with Gasteiger partial charge in [-0.3, -0.25) is 0 Å². The summed E-state index contributed by atoms with van der Waals surface area (Å²) in [6, 6.07) is 11.2. The molecule has 0 aromatic heterocycles. The second kappa shape index (κ2) is 6.19. The molecule has 0 spiro atoms. The zero-order chi connectivity index (χ0) is 14.5. The van der Waals surface area contributed by atoms with E-state index >= 15 is 0 Å². The van der Waals surface area contributed by atoms with Gasteiger partial charge in [0, 0.05) is 23.9 Å². The molecule has 106 valence electrons. The highest BCUT2D eigenvalue weighted by atomic mass is 16.5. The van der Waals surface area contributed by atoms with Gasteiger partial charge >= 0.3 is 0 Å². The fraction of sp³-hybridized carbons (Fsp3) is 0.250. The summed E-state index contributed by atoms with van der Waals surface area (Å²) in [5.41, 5.74) is 2.84. The molecule has 0 aliphatic carbocycles. The van der Waals surface area contributed by atoms with Crippen LogP contribution in [0.15, 0.2) is 36.4 Å². The minimum atomic E-state index is 0.303. The summed E-state index contributed by atoms with van der Waals surface area (Å²) >= 11 is 0. The van der Waals surface area contributed by atoms with Crippen molar-refractivity contribution < 1.29 is 14.6 Å². The standard InChI is InChI=1S/C16H19NO3/c1-11-8-13(5-7-15(11)18)17-10-12-4-6-14(19-2)9-16(12)20-3/h4-9,17-18H,10H2,1-3H3. The maximum absolute atomic E-state index is 9.51. The summed E-state index contributed by atoms with van der Waals surface area (Å²) < 4.78 is 10.5. The van der Waals surface area contributed by atoms with Crippen LogP contribution in [0, 0.1) is 6.92 Å². The third kappa shape index (κ3) is 3.15. The highest BCUT2D eigenvalue weighted by molar-refractivity contribution is 5.51. The molecular formula is C16H19NO3. The van der Waals surface area contributed by atoms with Gasteiger partial charge in [0.15, 0.2) is 0 Å². The highest BCUT2D eigenvalue weighted by Gasteiger charge is 2.05. The molecule has 2 N–H and O–H groups in total. The fourth-order valence-corrected chi connectivity index (χ4v) is 1.96. The predicted molar refractivity (Wildman–Crippen MR) is 79.7 cm³/mol. The SMILES string of the molecule is COc1ccc(CNc2ccc(O)c(C)c2)c(OC)c1. The van der Waals surface area contributed by atoms with E-state index in [1.165, 1.54) is 0 Å². The van der Waals surface area contributed by atoms with Gasteiger partial charge < -0.3 is 19.9 Å². The largest absolute Gasteiger partial charge is 0.508 e. The first-order chi connectivity index (χ1) is 9.63. The number of ether oxygens (including phenoxy) is 2. The summed E-state index contributed by atoms with van der Waals surface area (Å²) in [4.78, 5) is 0. The highest BCUT2D eigenvalue weighted by Crippen LogP contribution is 2.26. The van der Waals surface area contributed by atoms with Crippen molar-refractivity contribution in [2.24, 2.45) is 0 Å². The summed E-state index contributed by atoms with van der Waals surface area (Å²) in [5, 5.41) is 12.8. The number of aryl methyl sites for hydroxylation is 1. The number of nitrogens with one attached hydrogen (secondary N) is 1. The summed E-state index contributed by atoms with van der Waals surface area (Å²) in [5.74, 6) is 1.86. The monoisotopic (exact) mass is 273 g/mol.